The molecule has 0 amide bonds. The first-order valence-electron chi connectivity index (χ1n) is 10.5. The molecule has 0 aliphatic carbocycles. The highest BCUT2D eigenvalue weighted by atomic mass is 35.5. The number of carboxylic acid groups (broad SMARTS) is 1. The summed E-state index contributed by atoms with van der Waals surface area (Å²) in [6, 6.07) is 13.3. The average molecular weight is 463 g/mol. The number of likely N-dealkylation sites (N-methyl/N-ethyl adjacent to an activating group) is 1. The molecule has 2 aromatic rings. The van der Waals surface area contributed by atoms with Gasteiger partial charge in [-0.25, -0.2) is 4.79 Å². The highest BCUT2D eigenvalue weighted by Gasteiger charge is 2.58. The number of hydrogen-bond donors (Lipinski definition) is 4. The van der Waals surface area contributed by atoms with Crippen LogP contribution in [-0.4, -0.2) is 81.7 Å². The third kappa shape index (κ3) is 3.30. The second-order valence-corrected chi connectivity index (χ2v) is 9.57. The Balaban J connectivity index is 1.58. The van der Waals surface area contributed by atoms with Gasteiger partial charge in [0.1, 0.15) is 23.7 Å². The Morgan fingerprint density at radius 1 is 0.969 bits per heavy atom. The minimum absolute atomic E-state index is 0.0148. The highest BCUT2D eigenvalue weighted by molar-refractivity contribution is 6.30. The number of carboxylic acids is 1. The minimum atomic E-state index is -1.72. The van der Waals surface area contributed by atoms with Crippen LogP contribution in [0.4, 0.5) is 0 Å². The molecule has 0 saturated carbocycles. The van der Waals surface area contributed by atoms with Crippen molar-refractivity contribution in [3.05, 3.63) is 58.6 Å². The van der Waals surface area contributed by atoms with Crippen LogP contribution >= 0.6 is 11.6 Å². The molecular formula is C23H25ClNO7+. The Bertz CT molecular complexity index is 1060. The number of nitrogens with zero attached hydrogens (tertiary/aromatic N) is 1. The van der Waals surface area contributed by atoms with Gasteiger partial charge in [0.25, 0.3) is 0 Å². The van der Waals surface area contributed by atoms with Crippen LogP contribution in [0.5, 0.6) is 11.5 Å². The molecule has 5 rings (SSSR count). The number of rotatable bonds is 2. The zero-order chi connectivity index (χ0) is 22.8. The van der Waals surface area contributed by atoms with Gasteiger partial charge in [-0.2, -0.15) is 0 Å². The molecular weight excluding hydrogens is 438 g/mol. The molecule has 0 radical (unpaired) electrons. The van der Waals surface area contributed by atoms with Crippen molar-refractivity contribution in [1.82, 2.24) is 0 Å². The van der Waals surface area contributed by atoms with E-state index in [-0.39, 0.29) is 16.3 Å². The lowest BCUT2D eigenvalue weighted by atomic mass is 9.84. The molecule has 0 unspecified atom stereocenters. The fraction of sp³-hybridized carbons (Fsp3) is 0.435. The summed E-state index contributed by atoms with van der Waals surface area (Å²) in [5.41, 5.74) is 1.94. The first kappa shape index (κ1) is 21.6. The van der Waals surface area contributed by atoms with E-state index >= 15 is 0 Å². The van der Waals surface area contributed by atoms with Crippen LogP contribution in [0.2, 0.25) is 5.02 Å². The smallest absolute Gasteiger partial charge is 0.335 e. The number of fused-ring (bicyclic) bond motifs is 5. The van der Waals surface area contributed by atoms with E-state index in [2.05, 4.69) is 0 Å². The molecule has 32 heavy (non-hydrogen) atoms. The van der Waals surface area contributed by atoms with Gasteiger partial charge in [-0.15, -0.1) is 0 Å². The number of quaternary nitrogens is 1. The van der Waals surface area contributed by atoms with Gasteiger partial charge in [0.2, 0.25) is 6.23 Å². The molecule has 2 aromatic carbocycles. The minimum Gasteiger partial charge on any atom is -0.479 e. The Kier molecular flexibility index (Phi) is 5.20. The normalized spacial score (nSPS) is 38.1. The van der Waals surface area contributed by atoms with Crippen LogP contribution < -0.4 is 4.74 Å². The molecule has 3 aliphatic rings. The van der Waals surface area contributed by atoms with E-state index in [9.17, 15) is 25.2 Å². The summed E-state index contributed by atoms with van der Waals surface area (Å²) in [7, 11) is 1.87. The summed E-state index contributed by atoms with van der Waals surface area (Å²) < 4.78 is 12.1. The fourth-order valence-electron chi connectivity index (χ4n) is 5.55. The molecule has 3 heterocycles. The van der Waals surface area contributed by atoms with E-state index in [4.69, 9.17) is 21.1 Å². The van der Waals surface area contributed by atoms with Crippen molar-refractivity contribution in [2.24, 2.45) is 0 Å². The van der Waals surface area contributed by atoms with Crippen LogP contribution in [0.1, 0.15) is 23.0 Å². The van der Waals surface area contributed by atoms with E-state index in [1.165, 1.54) is 0 Å². The Labute approximate surface area is 189 Å². The van der Waals surface area contributed by atoms with Gasteiger partial charge in [0.05, 0.1) is 20.1 Å². The quantitative estimate of drug-likeness (QED) is 0.501. The van der Waals surface area contributed by atoms with E-state index < -0.39 is 36.6 Å². The van der Waals surface area contributed by atoms with Gasteiger partial charge in [-0.05, 0) is 24.3 Å². The lowest BCUT2D eigenvalue weighted by Crippen LogP contribution is -2.68. The Hall–Kier alpha value is -2.20. The molecule has 8 atom stereocenters. The van der Waals surface area contributed by atoms with E-state index in [1.807, 2.05) is 43.4 Å². The number of para-hydroxylation sites is 1. The largest absolute Gasteiger partial charge is 0.479 e. The van der Waals surface area contributed by atoms with E-state index in [0.29, 0.717) is 23.9 Å². The maximum absolute atomic E-state index is 11.6. The second-order valence-electron chi connectivity index (χ2n) is 9.14. The number of carbonyl (C=O) groups is 1. The van der Waals surface area contributed by atoms with Crippen molar-refractivity contribution < 1.29 is 39.2 Å². The van der Waals surface area contributed by atoms with Gasteiger partial charge in [0, 0.05) is 28.0 Å². The average Bonchev–Trinajstić information content (AvgIpc) is 3.06. The molecule has 0 aromatic heterocycles. The van der Waals surface area contributed by atoms with E-state index in [0.717, 1.165) is 16.9 Å². The number of aliphatic hydroxyl groups is 3. The second kappa shape index (κ2) is 7.69. The van der Waals surface area contributed by atoms with E-state index in [1.54, 1.807) is 6.07 Å². The molecule has 2 fully saturated rings. The number of aliphatic carboxylic acids is 1. The predicted molar refractivity (Wildman–Crippen MR) is 114 cm³/mol. The standard InChI is InChI=1S/C23H24ClNO7/c1-25(22-20(28)18(26)19(27)21(32-22)23(29)30)9-14-12-4-2-3-5-16(12)31-17-7-6-11(24)8-13(17)15(14)10-25/h2-8,14-15,18-22,26-28H,9-10H2,1H3/p+1/t14-,15-,18+,19+,20-,21+,22+,25+/m1/s1. The highest BCUT2D eigenvalue weighted by Crippen LogP contribution is 2.53. The SMILES string of the molecule is C[N@+]1([C@H]2O[C@H](C(=O)O)[C@@H](O)[C@H](O)[C@H]2O)C[C@@H]2c3ccccc3Oc3ccc(Cl)cc3[C@H]2C1. The molecule has 4 N–H and O–H groups in total. The van der Waals surface area contributed by atoms with Gasteiger partial charge >= 0.3 is 5.97 Å². The Morgan fingerprint density at radius 2 is 1.62 bits per heavy atom. The van der Waals surface area contributed by atoms with Crippen molar-refractivity contribution in [2.45, 2.75) is 42.5 Å². The van der Waals surface area contributed by atoms with Crippen LogP contribution in [0.15, 0.2) is 42.5 Å². The summed E-state index contributed by atoms with van der Waals surface area (Å²) in [5, 5.41) is 41.3. The van der Waals surface area contributed by atoms with Gasteiger partial charge < -0.3 is 29.9 Å². The number of likely N-dealkylation sites (tertiary alicyclic amines) is 1. The van der Waals surface area contributed by atoms with Crippen molar-refractivity contribution in [2.75, 3.05) is 20.1 Å². The number of benzene rings is 2. The molecule has 170 valence electrons. The molecule has 0 bridgehead atoms. The van der Waals surface area contributed by atoms with Crippen molar-refractivity contribution in [3.8, 4) is 11.5 Å². The topological polar surface area (TPSA) is 116 Å². The summed E-state index contributed by atoms with van der Waals surface area (Å²) in [6.07, 6.45) is -7.45. The lowest BCUT2D eigenvalue weighted by molar-refractivity contribution is -0.952. The van der Waals surface area contributed by atoms with Crippen molar-refractivity contribution in [1.29, 1.82) is 0 Å². The van der Waals surface area contributed by atoms with Crippen LogP contribution in [0.25, 0.3) is 0 Å². The van der Waals surface area contributed by atoms with Crippen LogP contribution in [0, 0.1) is 0 Å². The van der Waals surface area contributed by atoms with Gasteiger partial charge in [-0.3, -0.25) is 4.48 Å². The molecule has 3 aliphatic heterocycles. The zero-order valence-electron chi connectivity index (χ0n) is 17.3. The maximum atomic E-state index is 11.6. The molecule has 2 saturated heterocycles. The van der Waals surface area contributed by atoms with Gasteiger partial charge in [-0.1, -0.05) is 29.8 Å². The number of aliphatic hydroxyl groups excluding tert-OH is 3. The number of hydrogen-bond acceptors (Lipinski definition) is 6. The zero-order valence-corrected chi connectivity index (χ0v) is 18.1. The predicted octanol–water partition coefficient (Wildman–Crippen LogP) is 1.67. The molecule has 9 heteroatoms. The molecule has 8 nitrogen and oxygen atoms in total. The van der Waals surface area contributed by atoms with Gasteiger partial charge in [0.15, 0.2) is 12.2 Å². The summed E-state index contributed by atoms with van der Waals surface area (Å²) >= 11 is 6.31. The summed E-state index contributed by atoms with van der Waals surface area (Å²) in [5.74, 6) is -0.00321. The van der Waals surface area contributed by atoms with Crippen LogP contribution in [-0.2, 0) is 9.53 Å². The van der Waals surface area contributed by atoms with Crippen molar-refractivity contribution in [3.63, 3.8) is 0 Å². The molecule has 0 spiro atoms. The monoisotopic (exact) mass is 462 g/mol. The fourth-order valence-corrected chi connectivity index (χ4v) is 5.73. The summed E-state index contributed by atoms with van der Waals surface area (Å²) in [6.45, 7) is 1.00. The number of ether oxygens (including phenoxy) is 2. The third-order valence-corrected chi connectivity index (χ3v) is 7.30. The third-order valence-electron chi connectivity index (χ3n) is 7.07. The Morgan fingerprint density at radius 3 is 2.34 bits per heavy atom. The summed E-state index contributed by atoms with van der Waals surface area (Å²) in [4.78, 5) is 11.6. The first-order valence-corrected chi connectivity index (χ1v) is 10.9. The number of halogens is 1. The first-order chi connectivity index (χ1) is 15.2. The lowest BCUT2D eigenvalue weighted by Gasteiger charge is -2.46. The van der Waals surface area contributed by atoms with Crippen molar-refractivity contribution >= 4 is 17.6 Å². The maximum Gasteiger partial charge on any atom is 0.335 e. The van der Waals surface area contributed by atoms with Crippen LogP contribution in [0.3, 0.4) is 0 Å².